The number of nitrogens with one attached hydrogen (secondary N) is 1. The summed E-state index contributed by atoms with van der Waals surface area (Å²) in [5.41, 5.74) is 0.982. The molecule has 2 fully saturated rings. The Labute approximate surface area is 137 Å². The van der Waals surface area contributed by atoms with Crippen molar-refractivity contribution in [2.24, 2.45) is 0 Å². The van der Waals surface area contributed by atoms with Crippen LogP contribution in [0.25, 0.3) is 0 Å². The largest absolute Gasteiger partial charge is 0.370 e. The van der Waals surface area contributed by atoms with Gasteiger partial charge in [-0.2, -0.15) is 0 Å². The Morgan fingerprint density at radius 2 is 2.09 bits per heavy atom. The maximum atomic E-state index is 11.7. The van der Waals surface area contributed by atoms with E-state index in [-0.39, 0.29) is 12.5 Å². The van der Waals surface area contributed by atoms with Crippen LogP contribution in [0.15, 0.2) is 12.4 Å². The standard InChI is InChI=1S/C16H25N5O2/c1-13-10-15(18-12-17-13)19-14-2-4-20(5-3-14)6-7-21-8-9-23-11-16(21)22/h10,12,14H,2-9,11H2,1H3,(H,17,18,19). The number of hydrogen-bond acceptors (Lipinski definition) is 6. The number of piperidine rings is 1. The monoisotopic (exact) mass is 319 g/mol. The van der Waals surface area contributed by atoms with Crippen LogP contribution in [0.3, 0.4) is 0 Å². The van der Waals surface area contributed by atoms with Gasteiger partial charge in [0.15, 0.2) is 0 Å². The van der Waals surface area contributed by atoms with Crippen LogP contribution in [0.4, 0.5) is 5.82 Å². The molecule has 3 rings (SSSR count). The summed E-state index contributed by atoms with van der Waals surface area (Å²) in [6.07, 6.45) is 3.80. The molecular formula is C16H25N5O2. The molecule has 0 aliphatic carbocycles. The first-order valence-corrected chi connectivity index (χ1v) is 8.34. The normalized spacial score (nSPS) is 20.7. The van der Waals surface area contributed by atoms with E-state index < -0.39 is 0 Å². The van der Waals surface area contributed by atoms with E-state index in [1.807, 2.05) is 17.9 Å². The zero-order valence-electron chi connectivity index (χ0n) is 13.7. The van der Waals surface area contributed by atoms with E-state index in [1.54, 1.807) is 6.33 Å². The Morgan fingerprint density at radius 3 is 2.83 bits per heavy atom. The lowest BCUT2D eigenvalue weighted by Crippen LogP contribution is -2.47. The van der Waals surface area contributed by atoms with Gasteiger partial charge in [0.1, 0.15) is 18.8 Å². The second-order valence-corrected chi connectivity index (χ2v) is 6.24. The smallest absolute Gasteiger partial charge is 0.248 e. The van der Waals surface area contributed by atoms with Crippen LogP contribution in [0.2, 0.25) is 0 Å². The molecule has 0 radical (unpaired) electrons. The highest BCUT2D eigenvalue weighted by Crippen LogP contribution is 2.15. The number of hydrogen-bond donors (Lipinski definition) is 1. The highest BCUT2D eigenvalue weighted by molar-refractivity contribution is 5.77. The number of anilines is 1. The van der Waals surface area contributed by atoms with Crippen molar-refractivity contribution in [1.29, 1.82) is 0 Å². The van der Waals surface area contributed by atoms with Crippen LogP contribution < -0.4 is 5.32 Å². The fourth-order valence-electron chi connectivity index (χ4n) is 3.09. The lowest BCUT2D eigenvalue weighted by Gasteiger charge is -2.34. The van der Waals surface area contributed by atoms with Gasteiger partial charge in [-0.3, -0.25) is 4.79 Å². The SMILES string of the molecule is Cc1cc(NC2CCN(CCN3CCOCC3=O)CC2)ncn1. The average Bonchev–Trinajstić information content (AvgIpc) is 2.56. The molecule has 1 amide bonds. The zero-order valence-corrected chi connectivity index (χ0v) is 13.7. The average molecular weight is 319 g/mol. The number of ether oxygens (including phenoxy) is 1. The van der Waals surface area contributed by atoms with Crippen molar-refractivity contribution in [3.63, 3.8) is 0 Å². The molecule has 1 N–H and O–H groups in total. The second kappa shape index (κ2) is 7.70. The number of carbonyl (C=O) groups is 1. The molecule has 0 spiro atoms. The van der Waals surface area contributed by atoms with Gasteiger partial charge in [0.25, 0.3) is 0 Å². The summed E-state index contributed by atoms with van der Waals surface area (Å²) >= 11 is 0. The fourth-order valence-corrected chi connectivity index (χ4v) is 3.09. The Balaban J connectivity index is 1.39. The first-order chi connectivity index (χ1) is 11.2. The van der Waals surface area contributed by atoms with E-state index in [1.165, 1.54) is 0 Å². The summed E-state index contributed by atoms with van der Waals surface area (Å²) in [4.78, 5) is 24.4. The number of likely N-dealkylation sites (tertiary alicyclic amines) is 1. The molecule has 0 atom stereocenters. The van der Waals surface area contributed by atoms with Gasteiger partial charge in [0.2, 0.25) is 5.91 Å². The van der Waals surface area contributed by atoms with E-state index in [0.29, 0.717) is 12.6 Å². The van der Waals surface area contributed by atoms with Crippen molar-refractivity contribution < 1.29 is 9.53 Å². The minimum absolute atomic E-state index is 0.118. The minimum atomic E-state index is 0.118. The fraction of sp³-hybridized carbons (Fsp3) is 0.688. The second-order valence-electron chi connectivity index (χ2n) is 6.24. The summed E-state index contributed by atoms with van der Waals surface area (Å²) in [5.74, 6) is 1.03. The highest BCUT2D eigenvalue weighted by atomic mass is 16.5. The molecule has 3 heterocycles. The summed E-state index contributed by atoms with van der Waals surface area (Å²) in [5, 5.41) is 3.50. The van der Waals surface area contributed by atoms with Crippen molar-refractivity contribution in [2.45, 2.75) is 25.8 Å². The van der Waals surface area contributed by atoms with Crippen LogP contribution in [-0.4, -0.2) is 77.7 Å². The molecule has 7 nitrogen and oxygen atoms in total. The number of carbonyl (C=O) groups excluding carboxylic acids is 1. The molecule has 2 saturated heterocycles. The Morgan fingerprint density at radius 1 is 1.26 bits per heavy atom. The Bertz CT molecular complexity index is 531. The Kier molecular flexibility index (Phi) is 5.40. The molecule has 1 aromatic heterocycles. The number of rotatable bonds is 5. The predicted molar refractivity (Wildman–Crippen MR) is 87.3 cm³/mol. The van der Waals surface area contributed by atoms with Gasteiger partial charge in [0.05, 0.1) is 6.61 Å². The number of morpholine rings is 1. The van der Waals surface area contributed by atoms with E-state index in [0.717, 1.165) is 57.1 Å². The van der Waals surface area contributed by atoms with Crippen LogP contribution >= 0.6 is 0 Å². The van der Waals surface area contributed by atoms with Crippen molar-refractivity contribution in [1.82, 2.24) is 19.8 Å². The van der Waals surface area contributed by atoms with Gasteiger partial charge < -0.3 is 19.9 Å². The lowest BCUT2D eigenvalue weighted by molar-refractivity contribution is -0.142. The zero-order chi connectivity index (χ0) is 16.1. The molecule has 0 saturated carbocycles. The number of nitrogens with zero attached hydrogens (tertiary/aromatic N) is 4. The molecule has 2 aliphatic heterocycles. The summed E-state index contributed by atoms with van der Waals surface area (Å²) in [6, 6.07) is 2.45. The third-order valence-electron chi connectivity index (χ3n) is 4.51. The van der Waals surface area contributed by atoms with E-state index in [9.17, 15) is 4.79 Å². The van der Waals surface area contributed by atoms with Crippen molar-refractivity contribution >= 4 is 11.7 Å². The third kappa shape index (κ3) is 4.62. The van der Waals surface area contributed by atoms with Crippen molar-refractivity contribution in [3.8, 4) is 0 Å². The minimum Gasteiger partial charge on any atom is -0.370 e. The molecule has 23 heavy (non-hydrogen) atoms. The van der Waals surface area contributed by atoms with Crippen LogP contribution in [-0.2, 0) is 9.53 Å². The van der Waals surface area contributed by atoms with Gasteiger partial charge in [0, 0.05) is 50.5 Å². The molecule has 126 valence electrons. The van der Waals surface area contributed by atoms with Crippen LogP contribution in [0.5, 0.6) is 0 Å². The van der Waals surface area contributed by atoms with Crippen LogP contribution in [0, 0.1) is 6.92 Å². The molecule has 1 aromatic rings. The van der Waals surface area contributed by atoms with Gasteiger partial charge in [-0.1, -0.05) is 0 Å². The number of amides is 1. The summed E-state index contributed by atoms with van der Waals surface area (Å²) < 4.78 is 5.16. The van der Waals surface area contributed by atoms with Gasteiger partial charge in [-0.25, -0.2) is 9.97 Å². The van der Waals surface area contributed by atoms with Gasteiger partial charge >= 0.3 is 0 Å². The molecule has 0 unspecified atom stereocenters. The molecule has 0 bridgehead atoms. The molecular weight excluding hydrogens is 294 g/mol. The number of aromatic nitrogens is 2. The predicted octanol–water partition coefficient (Wildman–Crippen LogP) is 0.520. The number of aryl methyl sites for hydroxylation is 1. The first kappa shape index (κ1) is 16.1. The van der Waals surface area contributed by atoms with E-state index in [4.69, 9.17) is 4.74 Å². The Hall–Kier alpha value is -1.73. The van der Waals surface area contributed by atoms with Crippen LogP contribution in [0.1, 0.15) is 18.5 Å². The summed E-state index contributed by atoms with van der Waals surface area (Å²) in [7, 11) is 0. The molecule has 7 heteroatoms. The quantitative estimate of drug-likeness (QED) is 0.853. The summed E-state index contributed by atoms with van der Waals surface area (Å²) in [6.45, 7) is 7.48. The van der Waals surface area contributed by atoms with Crippen molar-refractivity contribution in [3.05, 3.63) is 18.1 Å². The molecule has 0 aromatic carbocycles. The van der Waals surface area contributed by atoms with Gasteiger partial charge in [-0.15, -0.1) is 0 Å². The maximum absolute atomic E-state index is 11.7. The lowest BCUT2D eigenvalue weighted by atomic mass is 10.1. The van der Waals surface area contributed by atoms with Gasteiger partial charge in [-0.05, 0) is 19.8 Å². The van der Waals surface area contributed by atoms with Crippen molar-refractivity contribution in [2.75, 3.05) is 51.3 Å². The maximum Gasteiger partial charge on any atom is 0.248 e. The van der Waals surface area contributed by atoms with E-state index in [2.05, 4.69) is 20.2 Å². The third-order valence-corrected chi connectivity index (χ3v) is 4.51. The topological polar surface area (TPSA) is 70.6 Å². The van der Waals surface area contributed by atoms with E-state index >= 15 is 0 Å². The highest BCUT2D eigenvalue weighted by Gasteiger charge is 2.22. The molecule has 2 aliphatic rings. The first-order valence-electron chi connectivity index (χ1n) is 8.34.